The molecule has 2 aromatic carbocycles. The van der Waals surface area contributed by atoms with Crippen LogP contribution in [0.2, 0.25) is 0 Å². The zero-order chi connectivity index (χ0) is 11.8. The maximum atomic E-state index is 12.4. The molecule has 0 amide bonds. The van der Waals surface area contributed by atoms with Gasteiger partial charge in [0, 0.05) is 27.9 Å². The van der Waals surface area contributed by atoms with Crippen molar-refractivity contribution in [3.63, 3.8) is 0 Å². The van der Waals surface area contributed by atoms with Crippen LogP contribution in [-0.2, 0) is 0 Å². The number of para-hydroxylation sites is 2. The van der Waals surface area contributed by atoms with Crippen molar-refractivity contribution < 1.29 is 8.78 Å². The second-order valence-corrected chi connectivity index (χ2v) is 3.87. The third kappa shape index (κ3) is 1.60. The summed E-state index contributed by atoms with van der Waals surface area (Å²) in [6, 6.07) is 13.2. The van der Waals surface area contributed by atoms with Crippen LogP contribution >= 0.6 is 0 Å². The molecule has 0 aliphatic heterocycles. The number of fused-ring (bicyclic) bond motifs is 3. The molecule has 0 aliphatic rings. The Hall–Kier alpha value is -2.16. The van der Waals surface area contributed by atoms with Crippen molar-refractivity contribution in [1.29, 1.82) is 0 Å². The standard InChI is InChI=1S/C14H9F2N/c15-13(16)8-9-4-3-6-11-10-5-1-2-7-12(10)17-14(9)11/h1-8,17H. The molecule has 0 aliphatic carbocycles. The molecule has 1 nitrogen and oxygen atoms in total. The van der Waals surface area contributed by atoms with E-state index in [9.17, 15) is 8.78 Å². The number of benzene rings is 2. The normalized spacial score (nSPS) is 10.9. The Morgan fingerprint density at radius 1 is 0.941 bits per heavy atom. The summed E-state index contributed by atoms with van der Waals surface area (Å²) < 4.78 is 24.7. The summed E-state index contributed by atoms with van der Waals surface area (Å²) in [6.07, 6.45) is -0.797. The van der Waals surface area contributed by atoms with Crippen LogP contribution in [0, 0.1) is 0 Å². The van der Waals surface area contributed by atoms with Gasteiger partial charge in [0.2, 0.25) is 0 Å². The number of hydrogen-bond acceptors (Lipinski definition) is 0. The zero-order valence-corrected chi connectivity index (χ0v) is 8.87. The highest BCUT2D eigenvalue weighted by molar-refractivity contribution is 6.09. The lowest BCUT2D eigenvalue weighted by Crippen LogP contribution is -1.76. The molecule has 17 heavy (non-hydrogen) atoms. The zero-order valence-electron chi connectivity index (χ0n) is 8.87. The first-order chi connectivity index (χ1) is 8.25. The van der Waals surface area contributed by atoms with Gasteiger partial charge in [0.1, 0.15) is 0 Å². The van der Waals surface area contributed by atoms with Gasteiger partial charge in [0.25, 0.3) is 6.08 Å². The molecule has 1 heterocycles. The third-order valence-electron chi connectivity index (χ3n) is 2.84. The first-order valence-corrected chi connectivity index (χ1v) is 5.28. The summed E-state index contributed by atoms with van der Waals surface area (Å²) in [5, 5.41) is 2.02. The van der Waals surface area contributed by atoms with Gasteiger partial charge in [-0.2, -0.15) is 8.78 Å². The number of nitrogens with one attached hydrogen (secondary N) is 1. The molecule has 0 spiro atoms. The van der Waals surface area contributed by atoms with Crippen LogP contribution in [0.15, 0.2) is 48.5 Å². The molecule has 3 aromatic rings. The smallest absolute Gasteiger partial charge is 0.270 e. The van der Waals surface area contributed by atoms with Crippen molar-refractivity contribution in [1.82, 2.24) is 4.98 Å². The predicted octanol–water partition coefficient (Wildman–Crippen LogP) is 4.56. The number of rotatable bonds is 1. The number of H-pyrrole nitrogens is 1. The van der Waals surface area contributed by atoms with Gasteiger partial charge in [-0.3, -0.25) is 0 Å². The highest BCUT2D eigenvalue weighted by Crippen LogP contribution is 2.28. The third-order valence-corrected chi connectivity index (χ3v) is 2.84. The van der Waals surface area contributed by atoms with E-state index < -0.39 is 6.08 Å². The Bertz CT molecular complexity index is 721. The fraction of sp³-hybridized carbons (Fsp3) is 0. The van der Waals surface area contributed by atoms with E-state index in [1.165, 1.54) is 0 Å². The molecule has 3 heteroatoms. The largest absolute Gasteiger partial charge is 0.354 e. The summed E-state index contributed by atoms with van der Waals surface area (Å²) in [7, 11) is 0. The first-order valence-electron chi connectivity index (χ1n) is 5.28. The van der Waals surface area contributed by atoms with Crippen LogP contribution in [-0.4, -0.2) is 4.98 Å². The molecule has 0 fully saturated rings. The van der Waals surface area contributed by atoms with Crippen molar-refractivity contribution in [2.75, 3.05) is 0 Å². The fourth-order valence-corrected chi connectivity index (χ4v) is 2.13. The number of aromatic nitrogens is 1. The van der Waals surface area contributed by atoms with E-state index in [1.807, 2.05) is 30.3 Å². The van der Waals surface area contributed by atoms with Crippen molar-refractivity contribution in [3.05, 3.63) is 54.1 Å². The van der Waals surface area contributed by atoms with E-state index in [0.717, 1.165) is 27.9 Å². The van der Waals surface area contributed by atoms with E-state index in [1.54, 1.807) is 12.1 Å². The van der Waals surface area contributed by atoms with Crippen LogP contribution in [0.5, 0.6) is 0 Å². The average molecular weight is 229 g/mol. The molecule has 1 N–H and O–H groups in total. The van der Waals surface area contributed by atoms with Gasteiger partial charge in [0.05, 0.1) is 5.52 Å². The van der Waals surface area contributed by atoms with Gasteiger partial charge in [-0.15, -0.1) is 0 Å². The van der Waals surface area contributed by atoms with E-state index >= 15 is 0 Å². The summed E-state index contributed by atoms with van der Waals surface area (Å²) in [5.74, 6) is 0. The van der Waals surface area contributed by atoms with Crippen LogP contribution in [0.4, 0.5) is 8.78 Å². The minimum atomic E-state index is -1.68. The predicted molar refractivity (Wildman–Crippen MR) is 66.0 cm³/mol. The molecular formula is C14H9F2N. The van der Waals surface area contributed by atoms with Gasteiger partial charge in [-0.05, 0) is 6.07 Å². The molecule has 0 saturated carbocycles. The van der Waals surface area contributed by atoms with Gasteiger partial charge >= 0.3 is 0 Å². The van der Waals surface area contributed by atoms with Gasteiger partial charge in [0.15, 0.2) is 0 Å². The van der Waals surface area contributed by atoms with Crippen LogP contribution < -0.4 is 0 Å². The van der Waals surface area contributed by atoms with Crippen molar-refractivity contribution in [2.24, 2.45) is 0 Å². The molecule has 0 radical (unpaired) electrons. The maximum Gasteiger partial charge on any atom is 0.270 e. The number of hydrogen-bond donors (Lipinski definition) is 1. The molecule has 0 unspecified atom stereocenters. The summed E-state index contributed by atoms with van der Waals surface area (Å²) in [5.41, 5.74) is 2.22. The Morgan fingerprint density at radius 3 is 2.53 bits per heavy atom. The Labute approximate surface area is 96.4 Å². The van der Waals surface area contributed by atoms with Crippen molar-refractivity contribution in [3.8, 4) is 0 Å². The minimum Gasteiger partial charge on any atom is -0.354 e. The minimum absolute atomic E-state index is 0.513. The molecule has 3 rings (SSSR count). The Kier molecular flexibility index (Phi) is 2.18. The van der Waals surface area contributed by atoms with Crippen molar-refractivity contribution in [2.45, 2.75) is 0 Å². The quantitative estimate of drug-likeness (QED) is 0.629. The highest BCUT2D eigenvalue weighted by Gasteiger charge is 2.06. The Morgan fingerprint density at radius 2 is 1.71 bits per heavy atom. The molecule has 0 bridgehead atoms. The van der Waals surface area contributed by atoms with Crippen LogP contribution in [0.25, 0.3) is 27.9 Å². The Balaban J connectivity index is 2.43. The molecule has 0 atom stereocenters. The van der Waals surface area contributed by atoms with E-state index in [-0.39, 0.29) is 0 Å². The van der Waals surface area contributed by atoms with E-state index in [2.05, 4.69) is 4.98 Å². The lowest BCUT2D eigenvalue weighted by Gasteiger charge is -1.95. The monoisotopic (exact) mass is 229 g/mol. The molecule has 0 saturated heterocycles. The van der Waals surface area contributed by atoms with Crippen LogP contribution in [0.3, 0.4) is 0 Å². The van der Waals surface area contributed by atoms with Gasteiger partial charge in [-0.1, -0.05) is 36.4 Å². The van der Waals surface area contributed by atoms with Crippen molar-refractivity contribution >= 4 is 27.9 Å². The summed E-state index contributed by atoms with van der Waals surface area (Å²) in [4.78, 5) is 3.17. The lowest BCUT2D eigenvalue weighted by molar-refractivity contribution is 0.429. The van der Waals surface area contributed by atoms with E-state index in [4.69, 9.17) is 0 Å². The average Bonchev–Trinajstić information content (AvgIpc) is 2.68. The fourth-order valence-electron chi connectivity index (χ4n) is 2.13. The van der Waals surface area contributed by atoms with Gasteiger partial charge in [-0.25, -0.2) is 0 Å². The highest BCUT2D eigenvalue weighted by atomic mass is 19.3. The van der Waals surface area contributed by atoms with Crippen LogP contribution in [0.1, 0.15) is 5.56 Å². The molecular weight excluding hydrogens is 220 g/mol. The first kappa shape index (κ1) is 10.0. The topological polar surface area (TPSA) is 15.8 Å². The lowest BCUT2D eigenvalue weighted by atomic mass is 10.1. The maximum absolute atomic E-state index is 12.4. The molecule has 84 valence electrons. The summed E-state index contributed by atoms with van der Waals surface area (Å²) >= 11 is 0. The SMILES string of the molecule is FC(F)=Cc1cccc2c1[nH]c1ccccc12. The van der Waals surface area contributed by atoms with E-state index in [0.29, 0.717) is 5.56 Å². The van der Waals surface area contributed by atoms with Gasteiger partial charge < -0.3 is 4.98 Å². The number of aromatic amines is 1. The second kappa shape index (κ2) is 3.70. The molecule has 1 aromatic heterocycles. The number of halogens is 2. The summed E-state index contributed by atoms with van der Waals surface area (Å²) in [6.45, 7) is 0. The second-order valence-electron chi connectivity index (χ2n) is 3.87.